The molecular weight excluding hydrogens is 252 g/mol. The summed E-state index contributed by atoms with van der Waals surface area (Å²) >= 11 is 6.00. The van der Waals surface area contributed by atoms with Crippen molar-refractivity contribution in [2.24, 2.45) is 7.05 Å². The SMILES string of the molecule is Cn1ncc(C(=O)NCc2ccccc2Cl)c1N. The van der Waals surface area contributed by atoms with E-state index in [9.17, 15) is 4.79 Å². The highest BCUT2D eigenvalue weighted by molar-refractivity contribution is 6.31. The Balaban J connectivity index is 2.05. The summed E-state index contributed by atoms with van der Waals surface area (Å²) in [5.41, 5.74) is 6.94. The van der Waals surface area contributed by atoms with Crippen molar-refractivity contribution in [2.75, 3.05) is 5.73 Å². The fraction of sp³-hybridized carbons (Fsp3) is 0.167. The van der Waals surface area contributed by atoms with Gasteiger partial charge in [-0.25, -0.2) is 0 Å². The average Bonchev–Trinajstić information content (AvgIpc) is 2.69. The molecule has 3 N–H and O–H groups in total. The van der Waals surface area contributed by atoms with Gasteiger partial charge in [-0.2, -0.15) is 5.10 Å². The Bertz CT molecular complexity index is 579. The number of hydrogen-bond acceptors (Lipinski definition) is 3. The minimum Gasteiger partial charge on any atom is -0.383 e. The van der Waals surface area contributed by atoms with Crippen molar-refractivity contribution in [2.45, 2.75) is 6.54 Å². The van der Waals surface area contributed by atoms with Crippen LogP contribution in [0.3, 0.4) is 0 Å². The van der Waals surface area contributed by atoms with Crippen molar-refractivity contribution < 1.29 is 4.79 Å². The van der Waals surface area contributed by atoms with E-state index >= 15 is 0 Å². The second kappa shape index (κ2) is 5.10. The zero-order chi connectivity index (χ0) is 13.1. The van der Waals surface area contributed by atoms with Crippen molar-refractivity contribution in [3.05, 3.63) is 46.6 Å². The van der Waals surface area contributed by atoms with Crippen molar-refractivity contribution in [3.8, 4) is 0 Å². The van der Waals surface area contributed by atoms with Crippen LogP contribution in [-0.4, -0.2) is 15.7 Å². The van der Waals surface area contributed by atoms with Crippen molar-refractivity contribution in [1.82, 2.24) is 15.1 Å². The summed E-state index contributed by atoms with van der Waals surface area (Å²) in [6.07, 6.45) is 1.44. The van der Waals surface area contributed by atoms with E-state index in [1.54, 1.807) is 13.1 Å². The molecule has 2 aromatic rings. The first-order valence-corrected chi connectivity index (χ1v) is 5.76. The molecule has 0 bridgehead atoms. The predicted molar refractivity (Wildman–Crippen MR) is 70.2 cm³/mol. The number of halogens is 1. The average molecular weight is 265 g/mol. The molecule has 0 radical (unpaired) electrons. The van der Waals surface area contributed by atoms with Crippen LogP contribution in [0.1, 0.15) is 15.9 Å². The number of benzene rings is 1. The number of carbonyl (C=O) groups excluding carboxylic acids is 1. The number of rotatable bonds is 3. The summed E-state index contributed by atoms with van der Waals surface area (Å²) < 4.78 is 1.45. The highest BCUT2D eigenvalue weighted by atomic mass is 35.5. The number of hydrogen-bond donors (Lipinski definition) is 2. The number of amides is 1. The summed E-state index contributed by atoms with van der Waals surface area (Å²) in [5, 5.41) is 7.29. The van der Waals surface area contributed by atoms with E-state index in [0.717, 1.165) is 5.56 Å². The van der Waals surface area contributed by atoms with Crippen LogP contribution in [-0.2, 0) is 13.6 Å². The third kappa shape index (κ3) is 2.46. The number of nitrogens with one attached hydrogen (secondary N) is 1. The molecule has 0 aliphatic rings. The van der Waals surface area contributed by atoms with E-state index in [0.29, 0.717) is 22.9 Å². The Kier molecular flexibility index (Phi) is 3.53. The van der Waals surface area contributed by atoms with E-state index in [1.165, 1.54) is 10.9 Å². The second-order valence-electron chi connectivity index (χ2n) is 3.84. The molecule has 1 amide bonds. The molecule has 1 heterocycles. The number of aromatic nitrogens is 2. The lowest BCUT2D eigenvalue weighted by Gasteiger charge is -2.06. The van der Waals surface area contributed by atoms with E-state index < -0.39 is 0 Å². The molecule has 0 aliphatic carbocycles. The van der Waals surface area contributed by atoms with Gasteiger partial charge >= 0.3 is 0 Å². The van der Waals surface area contributed by atoms with Gasteiger partial charge in [-0.3, -0.25) is 9.48 Å². The first kappa shape index (κ1) is 12.4. The highest BCUT2D eigenvalue weighted by Crippen LogP contribution is 2.15. The largest absolute Gasteiger partial charge is 0.383 e. The number of nitrogens with zero attached hydrogens (tertiary/aromatic N) is 2. The molecule has 0 spiro atoms. The number of nitrogen functional groups attached to an aromatic ring is 1. The molecule has 1 aromatic heterocycles. The van der Waals surface area contributed by atoms with Crippen LogP contribution in [0.25, 0.3) is 0 Å². The predicted octanol–water partition coefficient (Wildman–Crippen LogP) is 1.59. The van der Waals surface area contributed by atoms with Crippen LogP contribution in [0.15, 0.2) is 30.5 Å². The molecule has 18 heavy (non-hydrogen) atoms. The van der Waals surface area contributed by atoms with Crippen molar-refractivity contribution >= 4 is 23.3 Å². The van der Waals surface area contributed by atoms with Gasteiger partial charge in [0, 0.05) is 18.6 Å². The van der Waals surface area contributed by atoms with E-state index in [1.807, 2.05) is 18.2 Å². The topological polar surface area (TPSA) is 72.9 Å². The van der Waals surface area contributed by atoms with Crippen LogP contribution >= 0.6 is 11.6 Å². The Labute approximate surface area is 110 Å². The van der Waals surface area contributed by atoms with Crippen molar-refractivity contribution in [3.63, 3.8) is 0 Å². The quantitative estimate of drug-likeness (QED) is 0.884. The lowest BCUT2D eigenvalue weighted by atomic mass is 10.2. The minimum absolute atomic E-state index is 0.263. The molecule has 0 saturated carbocycles. The molecule has 0 aliphatic heterocycles. The highest BCUT2D eigenvalue weighted by Gasteiger charge is 2.13. The first-order chi connectivity index (χ1) is 8.59. The van der Waals surface area contributed by atoms with E-state index in [4.69, 9.17) is 17.3 Å². The fourth-order valence-corrected chi connectivity index (χ4v) is 1.74. The number of anilines is 1. The normalized spacial score (nSPS) is 10.3. The Morgan fingerprint density at radius 3 is 2.83 bits per heavy atom. The first-order valence-electron chi connectivity index (χ1n) is 5.38. The molecule has 6 heteroatoms. The zero-order valence-electron chi connectivity index (χ0n) is 9.85. The molecular formula is C12H13ClN4O. The summed E-state index contributed by atoms with van der Waals surface area (Å²) in [6.45, 7) is 0.354. The van der Waals surface area contributed by atoms with Crippen LogP contribution in [0.5, 0.6) is 0 Å². The molecule has 0 fully saturated rings. The molecule has 0 unspecified atom stereocenters. The zero-order valence-corrected chi connectivity index (χ0v) is 10.6. The van der Waals surface area contributed by atoms with Gasteiger partial charge in [0.05, 0.1) is 6.20 Å². The molecule has 5 nitrogen and oxygen atoms in total. The van der Waals surface area contributed by atoms with Gasteiger partial charge in [0.25, 0.3) is 5.91 Å². The summed E-state index contributed by atoms with van der Waals surface area (Å²) in [5.74, 6) is 0.0761. The maximum Gasteiger partial charge on any atom is 0.256 e. The van der Waals surface area contributed by atoms with E-state index in [2.05, 4.69) is 10.4 Å². The van der Waals surface area contributed by atoms with Gasteiger partial charge in [-0.15, -0.1) is 0 Å². The number of nitrogens with two attached hydrogens (primary N) is 1. The van der Waals surface area contributed by atoms with Crippen LogP contribution in [0, 0.1) is 0 Å². The standard InChI is InChI=1S/C12H13ClN4O/c1-17-11(14)9(7-16-17)12(18)15-6-8-4-2-3-5-10(8)13/h2-5,7H,6,14H2,1H3,(H,15,18). The summed E-state index contributed by atoms with van der Waals surface area (Å²) in [7, 11) is 1.68. The van der Waals surface area contributed by atoms with Crippen LogP contribution in [0.2, 0.25) is 5.02 Å². The maximum absolute atomic E-state index is 11.9. The smallest absolute Gasteiger partial charge is 0.256 e. The lowest BCUT2D eigenvalue weighted by Crippen LogP contribution is -2.23. The van der Waals surface area contributed by atoms with Gasteiger partial charge in [0.15, 0.2) is 0 Å². The second-order valence-corrected chi connectivity index (χ2v) is 4.25. The van der Waals surface area contributed by atoms with Gasteiger partial charge < -0.3 is 11.1 Å². The molecule has 0 saturated heterocycles. The summed E-state index contributed by atoms with van der Waals surface area (Å²) in [6, 6.07) is 7.34. The van der Waals surface area contributed by atoms with E-state index in [-0.39, 0.29) is 5.91 Å². The van der Waals surface area contributed by atoms with Gasteiger partial charge in [-0.05, 0) is 11.6 Å². The van der Waals surface area contributed by atoms with Gasteiger partial charge in [0.1, 0.15) is 11.4 Å². The van der Waals surface area contributed by atoms with Crippen LogP contribution < -0.4 is 11.1 Å². The third-order valence-corrected chi connectivity index (χ3v) is 3.00. The minimum atomic E-state index is -0.263. The Morgan fingerprint density at radius 1 is 1.50 bits per heavy atom. The monoisotopic (exact) mass is 264 g/mol. The molecule has 2 rings (SSSR count). The molecule has 1 aromatic carbocycles. The number of aryl methyl sites for hydroxylation is 1. The van der Waals surface area contributed by atoms with Gasteiger partial charge in [0.2, 0.25) is 0 Å². The fourth-order valence-electron chi connectivity index (χ4n) is 1.53. The lowest BCUT2D eigenvalue weighted by molar-refractivity contribution is 0.0952. The Morgan fingerprint density at radius 2 is 2.22 bits per heavy atom. The van der Waals surface area contributed by atoms with Crippen LogP contribution in [0.4, 0.5) is 5.82 Å². The molecule has 94 valence electrons. The maximum atomic E-state index is 11.9. The summed E-state index contributed by atoms with van der Waals surface area (Å²) in [4.78, 5) is 11.9. The third-order valence-electron chi connectivity index (χ3n) is 2.63. The number of carbonyl (C=O) groups is 1. The van der Waals surface area contributed by atoms with Gasteiger partial charge in [-0.1, -0.05) is 29.8 Å². The van der Waals surface area contributed by atoms with Crippen molar-refractivity contribution in [1.29, 1.82) is 0 Å². The molecule has 0 atom stereocenters. The Hall–Kier alpha value is -2.01.